The van der Waals surface area contributed by atoms with Gasteiger partial charge in [0.15, 0.2) is 0 Å². The van der Waals surface area contributed by atoms with Crippen molar-refractivity contribution in [3.05, 3.63) is 35.9 Å². The van der Waals surface area contributed by atoms with E-state index >= 15 is 0 Å². The number of aliphatic hydroxyl groups excluding tert-OH is 1. The van der Waals surface area contributed by atoms with Gasteiger partial charge in [0.25, 0.3) is 0 Å². The molecule has 1 aromatic carbocycles. The van der Waals surface area contributed by atoms with Crippen molar-refractivity contribution >= 4 is 5.69 Å². The van der Waals surface area contributed by atoms with Gasteiger partial charge in [-0.1, -0.05) is 12.2 Å². The van der Waals surface area contributed by atoms with Crippen molar-refractivity contribution in [3.8, 4) is 5.75 Å². The molecule has 1 aliphatic carbocycles. The standard InChI is InChI=1S/C15H21NO2/c1-18-15-8-7-14(9-13(15)11-17)16-10-12-5-3-2-4-6-12/h2-3,7-9,12,16-17H,4-6,10-11H2,1H3. The highest BCUT2D eigenvalue weighted by Gasteiger charge is 2.10. The zero-order chi connectivity index (χ0) is 12.8. The lowest BCUT2D eigenvalue weighted by molar-refractivity contribution is 0.274. The first-order chi connectivity index (χ1) is 8.83. The fourth-order valence-corrected chi connectivity index (χ4v) is 2.32. The summed E-state index contributed by atoms with van der Waals surface area (Å²) in [4.78, 5) is 0. The summed E-state index contributed by atoms with van der Waals surface area (Å²) >= 11 is 0. The Morgan fingerprint density at radius 3 is 2.94 bits per heavy atom. The van der Waals surface area contributed by atoms with Crippen molar-refractivity contribution < 1.29 is 9.84 Å². The SMILES string of the molecule is COc1ccc(NCC2CC=CCC2)cc1CO. The lowest BCUT2D eigenvalue weighted by Gasteiger charge is -2.19. The summed E-state index contributed by atoms with van der Waals surface area (Å²) in [6, 6.07) is 5.85. The Labute approximate surface area is 108 Å². The smallest absolute Gasteiger partial charge is 0.124 e. The van der Waals surface area contributed by atoms with E-state index in [1.807, 2.05) is 18.2 Å². The highest BCUT2D eigenvalue weighted by atomic mass is 16.5. The molecular formula is C15H21NO2. The van der Waals surface area contributed by atoms with Crippen LogP contribution in [0.25, 0.3) is 0 Å². The van der Waals surface area contributed by atoms with Crippen molar-refractivity contribution in [1.82, 2.24) is 0 Å². The summed E-state index contributed by atoms with van der Waals surface area (Å²) in [6.07, 6.45) is 8.14. The first-order valence-electron chi connectivity index (χ1n) is 6.50. The van der Waals surface area contributed by atoms with Crippen LogP contribution in [-0.4, -0.2) is 18.8 Å². The summed E-state index contributed by atoms with van der Waals surface area (Å²) in [5.74, 6) is 1.46. The Balaban J connectivity index is 1.94. The van der Waals surface area contributed by atoms with Crippen molar-refractivity contribution in [2.24, 2.45) is 5.92 Å². The van der Waals surface area contributed by atoms with Gasteiger partial charge < -0.3 is 15.2 Å². The Bertz CT molecular complexity index is 415. The normalized spacial score (nSPS) is 18.7. The highest BCUT2D eigenvalue weighted by molar-refractivity contribution is 5.51. The number of anilines is 1. The van der Waals surface area contributed by atoms with Crippen LogP contribution in [0.2, 0.25) is 0 Å². The second-order valence-electron chi connectivity index (χ2n) is 4.72. The van der Waals surface area contributed by atoms with Gasteiger partial charge in [0.05, 0.1) is 13.7 Å². The average molecular weight is 247 g/mol. The molecule has 0 bridgehead atoms. The maximum atomic E-state index is 9.27. The van der Waals surface area contributed by atoms with Gasteiger partial charge in [-0.15, -0.1) is 0 Å². The molecule has 1 atom stereocenters. The molecule has 0 amide bonds. The Morgan fingerprint density at radius 1 is 1.39 bits per heavy atom. The second kappa shape index (κ2) is 6.45. The lowest BCUT2D eigenvalue weighted by Crippen LogP contribution is -2.15. The molecule has 98 valence electrons. The van der Waals surface area contributed by atoms with Crippen molar-refractivity contribution in [1.29, 1.82) is 0 Å². The number of allylic oxidation sites excluding steroid dienone is 2. The zero-order valence-corrected chi connectivity index (χ0v) is 10.9. The molecule has 1 aromatic rings. The van der Waals surface area contributed by atoms with E-state index in [2.05, 4.69) is 17.5 Å². The Hall–Kier alpha value is -1.48. The van der Waals surface area contributed by atoms with E-state index in [1.54, 1.807) is 7.11 Å². The Morgan fingerprint density at radius 2 is 2.28 bits per heavy atom. The molecule has 0 saturated carbocycles. The first-order valence-corrected chi connectivity index (χ1v) is 6.50. The van der Waals surface area contributed by atoms with Crippen LogP contribution in [0.1, 0.15) is 24.8 Å². The molecule has 2 N–H and O–H groups in total. The van der Waals surface area contributed by atoms with Crippen LogP contribution in [0.4, 0.5) is 5.69 Å². The molecule has 0 aromatic heterocycles. The predicted molar refractivity (Wildman–Crippen MR) is 73.9 cm³/mol. The first kappa shape index (κ1) is 13.0. The van der Waals surface area contributed by atoms with Gasteiger partial charge in [0.2, 0.25) is 0 Å². The van der Waals surface area contributed by atoms with Crippen LogP contribution in [-0.2, 0) is 6.61 Å². The average Bonchev–Trinajstić information content (AvgIpc) is 2.45. The minimum atomic E-state index is 0.00482. The molecule has 1 aliphatic rings. The molecule has 0 radical (unpaired) electrons. The maximum Gasteiger partial charge on any atom is 0.124 e. The number of nitrogens with one attached hydrogen (secondary N) is 1. The van der Waals surface area contributed by atoms with Crippen molar-refractivity contribution in [2.75, 3.05) is 19.0 Å². The zero-order valence-electron chi connectivity index (χ0n) is 10.9. The van der Waals surface area contributed by atoms with Gasteiger partial charge in [-0.2, -0.15) is 0 Å². The maximum absolute atomic E-state index is 9.27. The van der Waals surface area contributed by atoms with Crippen LogP contribution in [0.3, 0.4) is 0 Å². The molecule has 3 heteroatoms. The molecule has 2 rings (SSSR count). The summed E-state index contributed by atoms with van der Waals surface area (Å²) in [5.41, 5.74) is 1.88. The molecular weight excluding hydrogens is 226 g/mol. The summed E-state index contributed by atoms with van der Waals surface area (Å²) in [5, 5.41) is 12.7. The van der Waals surface area contributed by atoms with E-state index in [4.69, 9.17) is 4.74 Å². The van der Waals surface area contributed by atoms with Crippen LogP contribution < -0.4 is 10.1 Å². The molecule has 0 fully saturated rings. The third-order valence-corrected chi connectivity index (χ3v) is 3.42. The molecule has 0 heterocycles. The lowest BCUT2D eigenvalue weighted by atomic mass is 9.94. The largest absolute Gasteiger partial charge is 0.496 e. The Kier molecular flexibility index (Phi) is 4.65. The van der Waals surface area contributed by atoms with Gasteiger partial charge in [-0.3, -0.25) is 0 Å². The number of ether oxygens (including phenoxy) is 1. The van der Waals surface area contributed by atoms with Gasteiger partial charge >= 0.3 is 0 Å². The molecule has 0 saturated heterocycles. The van der Waals surface area contributed by atoms with Gasteiger partial charge in [-0.25, -0.2) is 0 Å². The fraction of sp³-hybridized carbons (Fsp3) is 0.467. The minimum Gasteiger partial charge on any atom is -0.496 e. The molecule has 18 heavy (non-hydrogen) atoms. The van der Waals surface area contributed by atoms with Crippen LogP contribution >= 0.6 is 0 Å². The molecule has 0 aliphatic heterocycles. The topological polar surface area (TPSA) is 41.5 Å². The molecule has 0 spiro atoms. The van der Waals surface area contributed by atoms with E-state index in [1.165, 1.54) is 12.8 Å². The number of aliphatic hydroxyl groups is 1. The third-order valence-electron chi connectivity index (χ3n) is 3.42. The van der Waals surface area contributed by atoms with E-state index in [9.17, 15) is 5.11 Å². The number of hydrogen-bond donors (Lipinski definition) is 2. The third kappa shape index (κ3) is 3.26. The van der Waals surface area contributed by atoms with E-state index in [0.29, 0.717) is 0 Å². The second-order valence-corrected chi connectivity index (χ2v) is 4.72. The van der Waals surface area contributed by atoms with E-state index in [-0.39, 0.29) is 6.61 Å². The predicted octanol–water partition coefficient (Wildman–Crippen LogP) is 2.96. The van der Waals surface area contributed by atoms with Gasteiger partial charge in [0.1, 0.15) is 5.75 Å². The quantitative estimate of drug-likeness (QED) is 0.786. The number of rotatable bonds is 5. The van der Waals surface area contributed by atoms with Crippen molar-refractivity contribution in [3.63, 3.8) is 0 Å². The number of methoxy groups -OCH3 is 1. The monoisotopic (exact) mass is 247 g/mol. The number of benzene rings is 1. The van der Waals surface area contributed by atoms with Crippen LogP contribution in [0.15, 0.2) is 30.4 Å². The van der Waals surface area contributed by atoms with Crippen molar-refractivity contribution in [2.45, 2.75) is 25.9 Å². The highest BCUT2D eigenvalue weighted by Crippen LogP contribution is 2.24. The summed E-state index contributed by atoms with van der Waals surface area (Å²) in [7, 11) is 1.62. The molecule has 1 unspecified atom stereocenters. The fourth-order valence-electron chi connectivity index (χ4n) is 2.32. The van der Waals surface area contributed by atoms with Gasteiger partial charge in [-0.05, 0) is 43.4 Å². The van der Waals surface area contributed by atoms with Gasteiger partial charge in [0, 0.05) is 17.8 Å². The number of hydrogen-bond acceptors (Lipinski definition) is 3. The summed E-state index contributed by atoms with van der Waals surface area (Å²) < 4.78 is 5.19. The van der Waals surface area contributed by atoms with Crippen LogP contribution in [0, 0.1) is 5.92 Å². The summed E-state index contributed by atoms with van der Waals surface area (Å²) in [6.45, 7) is 0.992. The van der Waals surface area contributed by atoms with Crippen LogP contribution in [0.5, 0.6) is 5.75 Å². The van der Waals surface area contributed by atoms with E-state index < -0.39 is 0 Å². The molecule has 3 nitrogen and oxygen atoms in total. The van der Waals surface area contributed by atoms with E-state index in [0.717, 1.165) is 35.9 Å². The minimum absolute atomic E-state index is 0.00482.